The number of hydrogen-bond donors (Lipinski definition) is 1. The highest BCUT2D eigenvalue weighted by Gasteiger charge is 2.01. The third-order valence-electron chi connectivity index (χ3n) is 2.85. The largest absolute Gasteiger partial charge is 0.385 e. The van der Waals surface area contributed by atoms with Crippen molar-refractivity contribution in [2.75, 3.05) is 38.8 Å². The molecule has 0 atom stereocenters. The van der Waals surface area contributed by atoms with E-state index in [1.165, 1.54) is 6.42 Å². The Labute approximate surface area is 116 Å². The average Bonchev–Trinajstić information content (AvgIpc) is 2.86. The molecule has 5 heteroatoms. The van der Waals surface area contributed by atoms with Gasteiger partial charge in [0.2, 0.25) is 5.95 Å². The SMILES string of the molecule is CCCCOCCCn1ccnc1NCCCOC. The number of aryl methyl sites for hydroxylation is 1. The fourth-order valence-corrected chi connectivity index (χ4v) is 1.76. The number of rotatable bonds is 12. The molecule has 1 rings (SSSR count). The Balaban J connectivity index is 2.13. The van der Waals surface area contributed by atoms with Gasteiger partial charge in [-0.15, -0.1) is 0 Å². The third kappa shape index (κ3) is 7.18. The summed E-state index contributed by atoms with van der Waals surface area (Å²) in [5.41, 5.74) is 0. The summed E-state index contributed by atoms with van der Waals surface area (Å²) in [7, 11) is 1.72. The average molecular weight is 269 g/mol. The summed E-state index contributed by atoms with van der Waals surface area (Å²) in [4.78, 5) is 4.31. The van der Waals surface area contributed by atoms with Gasteiger partial charge in [0.15, 0.2) is 0 Å². The second-order valence-corrected chi connectivity index (χ2v) is 4.54. The molecule has 0 fully saturated rings. The highest BCUT2D eigenvalue weighted by Crippen LogP contribution is 2.05. The van der Waals surface area contributed by atoms with E-state index in [0.29, 0.717) is 0 Å². The van der Waals surface area contributed by atoms with Crippen LogP contribution < -0.4 is 5.32 Å². The van der Waals surface area contributed by atoms with Crippen molar-refractivity contribution < 1.29 is 9.47 Å². The summed E-state index contributed by atoms with van der Waals surface area (Å²) in [5, 5.41) is 3.32. The first kappa shape index (κ1) is 16.0. The molecule has 1 aromatic rings. The van der Waals surface area contributed by atoms with Crippen molar-refractivity contribution in [3.05, 3.63) is 12.4 Å². The maximum Gasteiger partial charge on any atom is 0.202 e. The molecule has 19 heavy (non-hydrogen) atoms. The molecular weight excluding hydrogens is 242 g/mol. The van der Waals surface area contributed by atoms with Crippen LogP contribution in [0.3, 0.4) is 0 Å². The normalized spacial score (nSPS) is 10.8. The molecule has 1 N–H and O–H groups in total. The van der Waals surface area contributed by atoms with E-state index in [1.54, 1.807) is 7.11 Å². The lowest BCUT2D eigenvalue weighted by Crippen LogP contribution is -2.11. The Bertz CT molecular complexity index is 315. The van der Waals surface area contributed by atoms with Crippen molar-refractivity contribution in [1.29, 1.82) is 0 Å². The van der Waals surface area contributed by atoms with Crippen LogP contribution in [0, 0.1) is 0 Å². The molecule has 0 aliphatic carbocycles. The van der Waals surface area contributed by atoms with Gasteiger partial charge in [-0.05, 0) is 19.3 Å². The molecule has 0 spiro atoms. The molecule has 5 nitrogen and oxygen atoms in total. The monoisotopic (exact) mass is 269 g/mol. The number of aromatic nitrogens is 2. The van der Waals surface area contributed by atoms with Crippen molar-refractivity contribution in [1.82, 2.24) is 9.55 Å². The zero-order valence-corrected chi connectivity index (χ0v) is 12.2. The van der Waals surface area contributed by atoms with Gasteiger partial charge >= 0.3 is 0 Å². The summed E-state index contributed by atoms with van der Waals surface area (Å²) >= 11 is 0. The van der Waals surface area contributed by atoms with E-state index in [4.69, 9.17) is 9.47 Å². The van der Waals surface area contributed by atoms with Gasteiger partial charge in [0.25, 0.3) is 0 Å². The Morgan fingerprint density at radius 2 is 2.05 bits per heavy atom. The molecular formula is C14H27N3O2. The van der Waals surface area contributed by atoms with Gasteiger partial charge < -0.3 is 19.4 Å². The third-order valence-corrected chi connectivity index (χ3v) is 2.85. The second-order valence-electron chi connectivity index (χ2n) is 4.54. The number of methoxy groups -OCH3 is 1. The van der Waals surface area contributed by atoms with E-state index in [0.717, 1.165) is 58.1 Å². The molecule has 110 valence electrons. The van der Waals surface area contributed by atoms with Gasteiger partial charge in [0.05, 0.1) is 0 Å². The van der Waals surface area contributed by atoms with Gasteiger partial charge in [-0.1, -0.05) is 13.3 Å². The molecule has 0 amide bonds. The van der Waals surface area contributed by atoms with E-state index in [-0.39, 0.29) is 0 Å². The Kier molecular flexibility index (Phi) is 9.10. The molecule has 0 aliphatic heterocycles. The Hall–Kier alpha value is -1.07. The Morgan fingerprint density at radius 1 is 1.21 bits per heavy atom. The second kappa shape index (κ2) is 10.8. The minimum atomic E-state index is 0.777. The first-order valence-electron chi connectivity index (χ1n) is 7.20. The molecule has 0 radical (unpaired) electrons. The number of nitrogens with zero attached hydrogens (tertiary/aromatic N) is 2. The zero-order valence-electron chi connectivity index (χ0n) is 12.2. The van der Waals surface area contributed by atoms with E-state index < -0.39 is 0 Å². The number of anilines is 1. The van der Waals surface area contributed by atoms with Gasteiger partial charge in [-0.25, -0.2) is 4.98 Å². The smallest absolute Gasteiger partial charge is 0.202 e. The van der Waals surface area contributed by atoms with Crippen LogP contribution >= 0.6 is 0 Å². The number of ether oxygens (including phenoxy) is 2. The fourth-order valence-electron chi connectivity index (χ4n) is 1.76. The van der Waals surface area contributed by atoms with E-state index in [1.807, 2.05) is 12.4 Å². The summed E-state index contributed by atoms with van der Waals surface area (Å²) in [6.07, 6.45) is 8.19. The predicted octanol–water partition coefficient (Wildman–Crippen LogP) is 2.54. The summed E-state index contributed by atoms with van der Waals surface area (Å²) in [6, 6.07) is 0. The molecule has 1 heterocycles. The quantitative estimate of drug-likeness (QED) is 0.592. The fraction of sp³-hybridized carbons (Fsp3) is 0.786. The summed E-state index contributed by atoms with van der Waals surface area (Å²) < 4.78 is 12.7. The molecule has 0 saturated carbocycles. The first-order chi connectivity index (χ1) is 9.38. The number of imidazole rings is 1. The van der Waals surface area contributed by atoms with Crippen molar-refractivity contribution in [2.45, 2.75) is 39.2 Å². The van der Waals surface area contributed by atoms with Gasteiger partial charge in [0.1, 0.15) is 0 Å². The lowest BCUT2D eigenvalue weighted by Gasteiger charge is -2.10. The molecule has 0 unspecified atom stereocenters. The van der Waals surface area contributed by atoms with Crippen LogP contribution in [0.25, 0.3) is 0 Å². The van der Waals surface area contributed by atoms with Gasteiger partial charge in [-0.3, -0.25) is 0 Å². The van der Waals surface area contributed by atoms with E-state index >= 15 is 0 Å². The van der Waals surface area contributed by atoms with Crippen LogP contribution in [0.5, 0.6) is 0 Å². The maximum atomic E-state index is 5.55. The topological polar surface area (TPSA) is 48.3 Å². The number of nitrogens with one attached hydrogen (secondary N) is 1. The lowest BCUT2D eigenvalue weighted by atomic mass is 10.3. The van der Waals surface area contributed by atoms with E-state index in [2.05, 4.69) is 21.8 Å². The molecule has 0 aromatic carbocycles. The van der Waals surface area contributed by atoms with Crippen LogP contribution in [0.4, 0.5) is 5.95 Å². The van der Waals surface area contributed by atoms with Crippen molar-refractivity contribution in [3.8, 4) is 0 Å². The summed E-state index contributed by atoms with van der Waals surface area (Å²) in [6.45, 7) is 6.48. The van der Waals surface area contributed by atoms with Gasteiger partial charge in [-0.2, -0.15) is 0 Å². The number of unbranched alkanes of at least 4 members (excludes halogenated alkanes) is 1. The molecule has 1 aromatic heterocycles. The van der Waals surface area contributed by atoms with Crippen LogP contribution in [0.1, 0.15) is 32.6 Å². The van der Waals surface area contributed by atoms with Crippen molar-refractivity contribution in [2.24, 2.45) is 0 Å². The zero-order chi connectivity index (χ0) is 13.8. The standard InChI is InChI=1S/C14H27N3O2/c1-3-4-12-19-13-6-9-17-10-8-16-14(17)15-7-5-11-18-2/h8,10H,3-7,9,11-13H2,1-2H3,(H,15,16). The molecule has 0 bridgehead atoms. The highest BCUT2D eigenvalue weighted by molar-refractivity contribution is 5.25. The first-order valence-corrected chi connectivity index (χ1v) is 7.20. The molecule has 0 saturated heterocycles. The minimum Gasteiger partial charge on any atom is -0.385 e. The van der Waals surface area contributed by atoms with Crippen LogP contribution in [0.15, 0.2) is 12.4 Å². The molecule has 0 aliphatic rings. The van der Waals surface area contributed by atoms with Crippen LogP contribution in [-0.4, -0.2) is 43.0 Å². The highest BCUT2D eigenvalue weighted by atomic mass is 16.5. The predicted molar refractivity (Wildman–Crippen MR) is 77.6 cm³/mol. The number of hydrogen-bond acceptors (Lipinski definition) is 4. The van der Waals surface area contributed by atoms with Crippen molar-refractivity contribution in [3.63, 3.8) is 0 Å². The maximum absolute atomic E-state index is 5.55. The Morgan fingerprint density at radius 3 is 2.84 bits per heavy atom. The van der Waals surface area contributed by atoms with Gasteiger partial charge in [0, 0.05) is 52.4 Å². The van der Waals surface area contributed by atoms with Crippen LogP contribution in [-0.2, 0) is 16.0 Å². The van der Waals surface area contributed by atoms with Crippen molar-refractivity contribution >= 4 is 5.95 Å². The lowest BCUT2D eigenvalue weighted by molar-refractivity contribution is 0.126. The minimum absolute atomic E-state index is 0.777. The van der Waals surface area contributed by atoms with Crippen LogP contribution in [0.2, 0.25) is 0 Å². The summed E-state index contributed by atoms with van der Waals surface area (Å²) in [5.74, 6) is 0.935. The van der Waals surface area contributed by atoms with E-state index in [9.17, 15) is 0 Å².